The number of hydrogen-bond donors (Lipinski definition) is 2. The lowest BCUT2D eigenvalue weighted by Crippen LogP contribution is -2.41. The minimum Gasteiger partial charge on any atom is -0.494 e. The molecule has 0 bridgehead atoms. The van der Waals surface area contributed by atoms with Crippen LogP contribution in [-0.4, -0.2) is 18.4 Å². The van der Waals surface area contributed by atoms with Gasteiger partial charge in [-0.15, -0.1) is 0 Å². The fourth-order valence-corrected chi connectivity index (χ4v) is 2.74. The van der Waals surface area contributed by atoms with Crippen molar-refractivity contribution in [2.75, 3.05) is 6.61 Å². The second-order valence-electron chi connectivity index (χ2n) is 6.91. The average Bonchev–Trinajstić information content (AvgIpc) is 2.72. The first kappa shape index (κ1) is 21.5. The predicted octanol–water partition coefficient (Wildman–Crippen LogP) is 4.81. The summed E-state index contributed by atoms with van der Waals surface area (Å²) in [5.74, 6) is 0.0176. The highest BCUT2D eigenvalue weighted by atomic mass is 16.5. The number of hydrogen-bond acceptors (Lipinski definition) is 3. The summed E-state index contributed by atoms with van der Waals surface area (Å²) < 4.78 is 5.71. The van der Waals surface area contributed by atoms with Crippen LogP contribution in [0.4, 0.5) is 0 Å². The average molecular weight is 383 g/mol. The van der Waals surface area contributed by atoms with Gasteiger partial charge in [0.25, 0.3) is 11.8 Å². The molecule has 5 nitrogen and oxygen atoms in total. The first-order chi connectivity index (χ1) is 13.6. The standard InChI is InChI=1S/C23H30N2O3/c1-3-4-5-6-7-8-17-28-21-15-13-20(14-16-21)23(27)25-24-22(26)19-11-9-18(2)10-12-19/h9-16H,3-8,17H2,1-2H3,(H,24,26)(H,25,27). The summed E-state index contributed by atoms with van der Waals surface area (Å²) in [4.78, 5) is 24.2. The highest BCUT2D eigenvalue weighted by Crippen LogP contribution is 2.13. The molecule has 0 aliphatic heterocycles. The molecule has 0 atom stereocenters. The zero-order chi connectivity index (χ0) is 20.2. The molecule has 2 N–H and O–H groups in total. The van der Waals surface area contributed by atoms with Crippen molar-refractivity contribution in [3.63, 3.8) is 0 Å². The van der Waals surface area contributed by atoms with E-state index < -0.39 is 0 Å². The van der Waals surface area contributed by atoms with E-state index in [0.29, 0.717) is 17.7 Å². The molecule has 2 aromatic rings. The Morgan fingerprint density at radius 2 is 1.25 bits per heavy atom. The zero-order valence-electron chi connectivity index (χ0n) is 16.8. The number of carbonyl (C=O) groups is 2. The van der Waals surface area contributed by atoms with Crippen molar-refractivity contribution in [1.82, 2.24) is 10.9 Å². The van der Waals surface area contributed by atoms with Crippen LogP contribution < -0.4 is 15.6 Å². The maximum absolute atomic E-state index is 12.2. The number of ether oxygens (including phenoxy) is 1. The van der Waals surface area contributed by atoms with Gasteiger partial charge in [-0.2, -0.15) is 0 Å². The van der Waals surface area contributed by atoms with Gasteiger partial charge >= 0.3 is 0 Å². The van der Waals surface area contributed by atoms with Gasteiger partial charge in [0.15, 0.2) is 0 Å². The van der Waals surface area contributed by atoms with E-state index in [1.807, 2.05) is 19.1 Å². The van der Waals surface area contributed by atoms with Crippen LogP contribution >= 0.6 is 0 Å². The van der Waals surface area contributed by atoms with Crippen LogP contribution in [-0.2, 0) is 0 Å². The number of amides is 2. The number of nitrogens with one attached hydrogen (secondary N) is 2. The largest absolute Gasteiger partial charge is 0.494 e. The zero-order valence-corrected chi connectivity index (χ0v) is 16.8. The van der Waals surface area contributed by atoms with Gasteiger partial charge in [0.2, 0.25) is 0 Å². The Hall–Kier alpha value is -2.82. The Balaban J connectivity index is 1.71. The third kappa shape index (κ3) is 7.43. The molecule has 5 heteroatoms. The van der Waals surface area contributed by atoms with Gasteiger partial charge in [0, 0.05) is 11.1 Å². The topological polar surface area (TPSA) is 67.4 Å². The summed E-state index contributed by atoms with van der Waals surface area (Å²) in [6.07, 6.45) is 7.32. The van der Waals surface area contributed by atoms with Crippen molar-refractivity contribution in [1.29, 1.82) is 0 Å². The molecule has 150 valence electrons. The molecule has 0 saturated carbocycles. The number of benzene rings is 2. The molecule has 2 rings (SSSR count). The Kier molecular flexibility index (Phi) is 9.05. The summed E-state index contributed by atoms with van der Waals surface area (Å²) in [5.41, 5.74) is 6.87. The number of rotatable bonds is 10. The molecule has 0 unspecified atom stereocenters. The molecule has 0 aromatic heterocycles. The van der Waals surface area contributed by atoms with Gasteiger partial charge in [0.1, 0.15) is 5.75 Å². The van der Waals surface area contributed by atoms with Gasteiger partial charge in [-0.3, -0.25) is 20.4 Å². The molecule has 0 heterocycles. The molecular formula is C23H30N2O3. The van der Waals surface area contributed by atoms with Crippen molar-refractivity contribution in [3.05, 3.63) is 65.2 Å². The highest BCUT2D eigenvalue weighted by Gasteiger charge is 2.09. The second kappa shape index (κ2) is 11.8. The lowest BCUT2D eigenvalue weighted by atomic mass is 10.1. The normalized spacial score (nSPS) is 10.4. The van der Waals surface area contributed by atoms with E-state index in [4.69, 9.17) is 4.74 Å². The van der Waals surface area contributed by atoms with E-state index in [0.717, 1.165) is 17.7 Å². The highest BCUT2D eigenvalue weighted by molar-refractivity contribution is 5.99. The van der Waals surface area contributed by atoms with Crippen molar-refractivity contribution in [3.8, 4) is 5.75 Å². The molecule has 0 aliphatic rings. The lowest BCUT2D eigenvalue weighted by molar-refractivity contribution is 0.0846. The quantitative estimate of drug-likeness (QED) is 0.458. The van der Waals surface area contributed by atoms with Crippen LogP contribution in [0.3, 0.4) is 0 Å². The molecule has 0 aliphatic carbocycles. The summed E-state index contributed by atoms with van der Waals surface area (Å²) in [6, 6.07) is 14.0. The summed E-state index contributed by atoms with van der Waals surface area (Å²) in [6.45, 7) is 4.85. The fourth-order valence-electron chi connectivity index (χ4n) is 2.74. The third-order valence-electron chi connectivity index (χ3n) is 4.49. The summed E-state index contributed by atoms with van der Waals surface area (Å²) in [7, 11) is 0. The number of carbonyl (C=O) groups excluding carboxylic acids is 2. The monoisotopic (exact) mass is 382 g/mol. The number of aryl methyl sites for hydroxylation is 1. The molecule has 2 amide bonds. The molecule has 0 spiro atoms. The van der Waals surface area contributed by atoms with E-state index in [1.165, 1.54) is 32.1 Å². The van der Waals surface area contributed by atoms with E-state index >= 15 is 0 Å². The van der Waals surface area contributed by atoms with Gasteiger partial charge < -0.3 is 4.74 Å². The van der Waals surface area contributed by atoms with Crippen LogP contribution in [0.1, 0.15) is 71.7 Å². The maximum Gasteiger partial charge on any atom is 0.269 e. The molecule has 2 aromatic carbocycles. The molecule has 0 radical (unpaired) electrons. The number of unbranched alkanes of at least 4 members (excludes halogenated alkanes) is 5. The molecular weight excluding hydrogens is 352 g/mol. The minimum absolute atomic E-state index is 0.354. The van der Waals surface area contributed by atoms with E-state index in [1.54, 1.807) is 36.4 Å². The van der Waals surface area contributed by atoms with Gasteiger partial charge in [-0.25, -0.2) is 0 Å². The molecule has 28 heavy (non-hydrogen) atoms. The second-order valence-corrected chi connectivity index (χ2v) is 6.91. The third-order valence-corrected chi connectivity index (χ3v) is 4.49. The number of hydrazine groups is 1. The van der Waals surface area contributed by atoms with Crippen LogP contribution in [0, 0.1) is 6.92 Å². The van der Waals surface area contributed by atoms with E-state index in [9.17, 15) is 9.59 Å². The van der Waals surface area contributed by atoms with Crippen molar-refractivity contribution >= 4 is 11.8 Å². The van der Waals surface area contributed by atoms with Crippen molar-refractivity contribution in [2.24, 2.45) is 0 Å². The summed E-state index contributed by atoms with van der Waals surface area (Å²) >= 11 is 0. The smallest absolute Gasteiger partial charge is 0.269 e. The van der Waals surface area contributed by atoms with Crippen LogP contribution in [0.25, 0.3) is 0 Å². The molecule has 0 saturated heterocycles. The minimum atomic E-state index is -0.372. The Morgan fingerprint density at radius 1 is 0.750 bits per heavy atom. The Morgan fingerprint density at radius 3 is 1.82 bits per heavy atom. The first-order valence-electron chi connectivity index (χ1n) is 10.0. The maximum atomic E-state index is 12.2. The van der Waals surface area contributed by atoms with E-state index in [-0.39, 0.29) is 11.8 Å². The lowest BCUT2D eigenvalue weighted by Gasteiger charge is -2.09. The van der Waals surface area contributed by atoms with Crippen molar-refractivity contribution < 1.29 is 14.3 Å². The van der Waals surface area contributed by atoms with Crippen molar-refractivity contribution in [2.45, 2.75) is 52.4 Å². The van der Waals surface area contributed by atoms with Crippen LogP contribution in [0.2, 0.25) is 0 Å². The summed E-state index contributed by atoms with van der Waals surface area (Å²) in [5, 5.41) is 0. The van der Waals surface area contributed by atoms with Gasteiger partial charge in [-0.05, 0) is 49.7 Å². The first-order valence-corrected chi connectivity index (χ1v) is 10.0. The van der Waals surface area contributed by atoms with Gasteiger partial charge in [0.05, 0.1) is 6.61 Å². The Labute approximate surface area is 167 Å². The van der Waals surface area contributed by atoms with Crippen LogP contribution in [0.15, 0.2) is 48.5 Å². The van der Waals surface area contributed by atoms with E-state index in [2.05, 4.69) is 17.8 Å². The fraction of sp³-hybridized carbons (Fsp3) is 0.391. The van der Waals surface area contributed by atoms with Crippen LogP contribution in [0.5, 0.6) is 5.75 Å². The Bertz CT molecular complexity index is 739. The molecule has 0 fully saturated rings. The SMILES string of the molecule is CCCCCCCCOc1ccc(C(=O)NNC(=O)c2ccc(C)cc2)cc1. The van der Waals surface area contributed by atoms with Gasteiger partial charge in [-0.1, -0.05) is 56.7 Å². The predicted molar refractivity (Wildman–Crippen MR) is 111 cm³/mol.